The molecule has 7 nitrogen and oxygen atoms in total. The van der Waals surface area contributed by atoms with Gasteiger partial charge in [-0.05, 0) is 53.5 Å². The van der Waals surface area contributed by atoms with Crippen molar-refractivity contribution >= 4 is 22.6 Å². The van der Waals surface area contributed by atoms with Gasteiger partial charge in [0.15, 0.2) is 5.65 Å². The van der Waals surface area contributed by atoms with Crippen molar-refractivity contribution in [3.63, 3.8) is 0 Å². The van der Waals surface area contributed by atoms with Gasteiger partial charge in [0.1, 0.15) is 22.8 Å². The average molecular weight is 439 g/mol. The first-order valence-electron chi connectivity index (χ1n) is 11.3. The SMILES string of the molecule is C=C(c1cccc(O)c1)c1n[nH]c2nc(N3CCC4(CC3)Cc3ccccc3[C@H]4N)cnc12. The van der Waals surface area contributed by atoms with E-state index in [0.29, 0.717) is 22.4 Å². The van der Waals surface area contributed by atoms with Crippen molar-refractivity contribution in [2.24, 2.45) is 11.1 Å². The second-order valence-corrected chi connectivity index (χ2v) is 9.23. The van der Waals surface area contributed by atoms with E-state index in [0.717, 1.165) is 43.7 Å². The molecule has 33 heavy (non-hydrogen) atoms. The highest BCUT2D eigenvalue weighted by molar-refractivity contribution is 5.90. The number of benzene rings is 2. The van der Waals surface area contributed by atoms with Gasteiger partial charge >= 0.3 is 0 Å². The highest BCUT2D eigenvalue weighted by atomic mass is 16.3. The van der Waals surface area contributed by atoms with Crippen LogP contribution in [-0.2, 0) is 6.42 Å². The summed E-state index contributed by atoms with van der Waals surface area (Å²) >= 11 is 0. The van der Waals surface area contributed by atoms with Crippen molar-refractivity contribution in [1.82, 2.24) is 20.2 Å². The molecular weight excluding hydrogens is 412 g/mol. The first-order valence-corrected chi connectivity index (χ1v) is 11.3. The number of aromatic hydroxyl groups is 1. The lowest BCUT2D eigenvalue weighted by Gasteiger charge is -2.42. The van der Waals surface area contributed by atoms with E-state index in [1.807, 2.05) is 12.3 Å². The molecule has 4 aromatic rings. The molecule has 3 heterocycles. The number of phenolic OH excluding ortho intramolecular Hbond substituents is 1. The molecule has 4 N–H and O–H groups in total. The molecule has 1 aliphatic carbocycles. The number of piperidine rings is 1. The van der Waals surface area contributed by atoms with E-state index >= 15 is 0 Å². The largest absolute Gasteiger partial charge is 0.508 e. The number of aromatic amines is 1. The summed E-state index contributed by atoms with van der Waals surface area (Å²) in [6.45, 7) is 5.96. The Hall–Kier alpha value is -3.71. The van der Waals surface area contributed by atoms with E-state index in [2.05, 4.69) is 50.9 Å². The Bertz CT molecular complexity index is 1370. The van der Waals surface area contributed by atoms with Gasteiger partial charge < -0.3 is 15.7 Å². The molecule has 7 heteroatoms. The lowest BCUT2D eigenvalue weighted by atomic mass is 9.73. The molecule has 1 spiro atoms. The third-order valence-corrected chi connectivity index (χ3v) is 7.41. The smallest absolute Gasteiger partial charge is 0.177 e. The standard InChI is InChI=1S/C26H26N6O/c1-16(17-6-4-7-19(33)13-17)22-23-25(31-30-22)29-21(15-28-23)32-11-9-26(10-12-32)14-18-5-2-3-8-20(18)24(26)27/h2-8,13,15,24,33H,1,9-12,14,27H2,(H,29,30,31)/t24-/m1/s1. The van der Waals surface area contributed by atoms with Gasteiger partial charge in [0, 0.05) is 24.7 Å². The summed E-state index contributed by atoms with van der Waals surface area (Å²) in [4.78, 5) is 11.8. The molecule has 6 rings (SSSR count). The predicted molar refractivity (Wildman–Crippen MR) is 129 cm³/mol. The van der Waals surface area contributed by atoms with Gasteiger partial charge in [-0.3, -0.25) is 5.10 Å². The molecule has 166 valence electrons. The van der Waals surface area contributed by atoms with Gasteiger partial charge in [-0.15, -0.1) is 0 Å². The van der Waals surface area contributed by atoms with Crippen LogP contribution in [0.3, 0.4) is 0 Å². The number of fused-ring (bicyclic) bond motifs is 2. The summed E-state index contributed by atoms with van der Waals surface area (Å²) in [5, 5.41) is 17.2. The van der Waals surface area contributed by atoms with Crippen LogP contribution in [0.5, 0.6) is 5.75 Å². The van der Waals surface area contributed by atoms with Crippen LogP contribution in [0.1, 0.15) is 41.3 Å². The van der Waals surface area contributed by atoms with Gasteiger partial charge in [-0.2, -0.15) is 5.10 Å². The summed E-state index contributed by atoms with van der Waals surface area (Å²) in [5.74, 6) is 1.04. The van der Waals surface area contributed by atoms with Crippen LogP contribution >= 0.6 is 0 Å². The molecule has 0 radical (unpaired) electrons. The number of hydrogen-bond donors (Lipinski definition) is 3. The quantitative estimate of drug-likeness (QED) is 0.447. The Morgan fingerprint density at radius 3 is 2.76 bits per heavy atom. The van der Waals surface area contributed by atoms with Gasteiger partial charge in [-0.1, -0.05) is 43.0 Å². The number of phenols is 1. The number of nitrogens with zero attached hydrogens (tertiary/aromatic N) is 4. The fraction of sp³-hybridized carbons (Fsp3) is 0.269. The van der Waals surface area contributed by atoms with E-state index in [1.54, 1.807) is 18.2 Å². The van der Waals surface area contributed by atoms with Gasteiger partial charge in [0.05, 0.1) is 6.20 Å². The maximum atomic E-state index is 9.79. The van der Waals surface area contributed by atoms with Crippen LogP contribution in [0.25, 0.3) is 16.7 Å². The van der Waals surface area contributed by atoms with Crippen LogP contribution in [0.2, 0.25) is 0 Å². The van der Waals surface area contributed by atoms with Crippen molar-refractivity contribution in [2.75, 3.05) is 18.0 Å². The van der Waals surface area contributed by atoms with E-state index < -0.39 is 0 Å². The van der Waals surface area contributed by atoms with Crippen molar-refractivity contribution in [3.8, 4) is 5.75 Å². The van der Waals surface area contributed by atoms with E-state index in [4.69, 9.17) is 10.7 Å². The van der Waals surface area contributed by atoms with Gasteiger partial charge in [-0.25, -0.2) is 9.97 Å². The monoisotopic (exact) mass is 438 g/mol. The Labute approximate surface area is 192 Å². The number of aromatic nitrogens is 4. The molecule has 1 aliphatic heterocycles. The van der Waals surface area contributed by atoms with Gasteiger partial charge in [0.25, 0.3) is 0 Å². The number of H-pyrrole nitrogens is 1. The van der Waals surface area contributed by atoms with E-state index in [-0.39, 0.29) is 17.2 Å². The molecule has 0 amide bonds. The van der Waals surface area contributed by atoms with Crippen LogP contribution in [-0.4, -0.2) is 38.4 Å². The fourth-order valence-electron chi connectivity index (χ4n) is 5.47. The molecule has 1 saturated heterocycles. The van der Waals surface area contributed by atoms with E-state index in [9.17, 15) is 5.11 Å². The maximum absolute atomic E-state index is 9.79. The molecule has 2 aromatic heterocycles. The Balaban J connectivity index is 1.22. The molecular formula is C26H26N6O. The summed E-state index contributed by atoms with van der Waals surface area (Å²) in [6, 6.07) is 15.7. The van der Waals surface area contributed by atoms with Gasteiger partial charge in [0.2, 0.25) is 0 Å². The Morgan fingerprint density at radius 1 is 1.15 bits per heavy atom. The Morgan fingerprint density at radius 2 is 1.97 bits per heavy atom. The summed E-state index contributed by atoms with van der Waals surface area (Å²) in [5.41, 5.74) is 13.0. The second kappa shape index (κ2) is 7.42. The highest BCUT2D eigenvalue weighted by Crippen LogP contribution is 2.50. The van der Waals surface area contributed by atoms with Crippen LogP contribution in [0.4, 0.5) is 5.82 Å². The zero-order valence-corrected chi connectivity index (χ0v) is 18.3. The number of hydrogen-bond acceptors (Lipinski definition) is 6. The molecule has 0 unspecified atom stereocenters. The van der Waals surface area contributed by atoms with Crippen LogP contribution in [0.15, 0.2) is 61.3 Å². The van der Waals surface area contributed by atoms with Crippen molar-refractivity contribution in [2.45, 2.75) is 25.3 Å². The number of anilines is 1. The second-order valence-electron chi connectivity index (χ2n) is 9.23. The van der Waals surface area contributed by atoms with Crippen molar-refractivity contribution < 1.29 is 5.11 Å². The van der Waals surface area contributed by atoms with Crippen molar-refractivity contribution in [3.05, 3.63) is 83.7 Å². The molecule has 2 aliphatic rings. The topological polar surface area (TPSA) is 104 Å². The normalized spacial score (nSPS) is 19.2. The molecule has 0 bridgehead atoms. The van der Waals surface area contributed by atoms with Crippen LogP contribution < -0.4 is 10.6 Å². The predicted octanol–water partition coefficient (Wildman–Crippen LogP) is 3.96. The molecule has 2 aromatic carbocycles. The number of rotatable bonds is 3. The maximum Gasteiger partial charge on any atom is 0.177 e. The Kier molecular flexibility index (Phi) is 4.48. The third kappa shape index (κ3) is 3.19. The first-order chi connectivity index (χ1) is 16.0. The van der Waals surface area contributed by atoms with E-state index in [1.165, 1.54) is 11.1 Å². The minimum atomic E-state index is 0.100. The first kappa shape index (κ1) is 19.9. The number of nitrogens with one attached hydrogen (secondary N) is 1. The highest BCUT2D eigenvalue weighted by Gasteiger charge is 2.45. The summed E-state index contributed by atoms with van der Waals surface area (Å²) < 4.78 is 0. The lowest BCUT2D eigenvalue weighted by molar-refractivity contribution is 0.187. The minimum Gasteiger partial charge on any atom is -0.508 e. The lowest BCUT2D eigenvalue weighted by Crippen LogP contribution is -2.44. The molecule has 1 fully saturated rings. The minimum absolute atomic E-state index is 0.100. The molecule has 1 atom stereocenters. The van der Waals surface area contributed by atoms with Crippen molar-refractivity contribution in [1.29, 1.82) is 0 Å². The summed E-state index contributed by atoms with van der Waals surface area (Å²) in [7, 11) is 0. The fourth-order valence-corrected chi connectivity index (χ4v) is 5.47. The average Bonchev–Trinajstić information content (AvgIpc) is 3.38. The number of nitrogens with two attached hydrogens (primary N) is 1. The summed E-state index contributed by atoms with van der Waals surface area (Å²) in [6.07, 6.45) is 4.94. The zero-order valence-electron chi connectivity index (χ0n) is 18.3. The zero-order chi connectivity index (χ0) is 22.6. The molecule has 0 saturated carbocycles. The van der Waals surface area contributed by atoms with Crippen LogP contribution in [0, 0.1) is 5.41 Å². The third-order valence-electron chi connectivity index (χ3n) is 7.41.